The molecule has 42 heavy (non-hydrogen) atoms. The Morgan fingerprint density at radius 3 is 2.38 bits per heavy atom. The number of azide groups is 1. The van der Waals surface area contributed by atoms with Crippen LogP contribution in [0.3, 0.4) is 0 Å². The number of benzene rings is 2. The smallest absolute Gasteiger partial charge is 0.223 e. The van der Waals surface area contributed by atoms with Crippen LogP contribution in [-0.2, 0) is 12.0 Å². The molecule has 0 radical (unpaired) electrons. The Bertz CT molecular complexity index is 1370. The van der Waals surface area contributed by atoms with E-state index in [1.165, 1.54) is 7.11 Å². The van der Waals surface area contributed by atoms with E-state index in [0.717, 1.165) is 29.8 Å². The van der Waals surface area contributed by atoms with Crippen LogP contribution >= 0.6 is 0 Å². The van der Waals surface area contributed by atoms with Gasteiger partial charge in [-0.05, 0) is 37.8 Å². The summed E-state index contributed by atoms with van der Waals surface area (Å²) in [5, 5.41) is 25.5. The number of pyridine rings is 1. The molecule has 2 N–H and O–H groups in total. The van der Waals surface area contributed by atoms with Gasteiger partial charge in [-0.2, -0.15) is 4.98 Å². The van der Waals surface area contributed by atoms with Gasteiger partial charge in [-0.25, -0.2) is 0 Å². The molecule has 0 aliphatic carbocycles. The third-order valence-corrected chi connectivity index (χ3v) is 7.89. The third-order valence-electron chi connectivity index (χ3n) is 7.89. The molecule has 11 nitrogen and oxygen atoms in total. The Kier molecular flexibility index (Phi) is 10.3. The van der Waals surface area contributed by atoms with Crippen molar-refractivity contribution in [2.24, 2.45) is 11.0 Å². The molecule has 224 valence electrons. The number of hydrogen-bond acceptors (Lipinski definition) is 9. The Labute approximate surface area is 246 Å². The van der Waals surface area contributed by atoms with Crippen LogP contribution in [0.2, 0.25) is 0 Å². The molecule has 0 unspecified atom stereocenters. The zero-order valence-electron chi connectivity index (χ0n) is 24.8. The molecule has 0 saturated heterocycles. The summed E-state index contributed by atoms with van der Waals surface area (Å²) in [6.07, 6.45) is -0.669. The molecule has 4 atom stereocenters. The molecule has 4 rings (SSSR count). The zero-order valence-corrected chi connectivity index (χ0v) is 24.8. The summed E-state index contributed by atoms with van der Waals surface area (Å²) in [6, 6.07) is 19.0. The Morgan fingerprint density at radius 1 is 1.07 bits per heavy atom. The van der Waals surface area contributed by atoms with Crippen LogP contribution in [0.15, 0.2) is 65.8 Å². The fourth-order valence-electron chi connectivity index (χ4n) is 5.83. The number of hydrogen-bond donors (Lipinski definition) is 2. The van der Waals surface area contributed by atoms with Crippen LogP contribution in [0.1, 0.15) is 22.6 Å². The first-order valence-electron chi connectivity index (χ1n) is 13.9. The fourth-order valence-corrected chi connectivity index (χ4v) is 5.83. The molecule has 1 aliphatic heterocycles. The summed E-state index contributed by atoms with van der Waals surface area (Å²) in [7, 11) is 9.16. The quantitative estimate of drug-likeness (QED) is 0.166. The van der Waals surface area contributed by atoms with Crippen LogP contribution in [0.25, 0.3) is 10.4 Å². The van der Waals surface area contributed by atoms with Crippen molar-refractivity contribution < 1.29 is 24.4 Å². The van der Waals surface area contributed by atoms with E-state index in [1.54, 1.807) is 25.3 Å². The predicted octanol–water partition coefficient (Wildman–Crippen LogP) is 4.12. The maximum atomic E-state index is 11.5. The van der Waals surface area contributed by atoms with E-state index in [-0.39, 0.29) is 0 Å². The molecule has 3 aromatic rings. The van der Waals surface area contributed by atoms with Gasteiger partial charge in [-0.3, -0.25) is 0 Å². The maximum Gasteiger partial charge on any atom is 0.223 e. The number of rotatable bonds is 14. The average molecular weight is 577 g/mol. The largest absolute Gasteiger partial charge is 0.481 e. The number of aliphatic hydroxyl groups excluding tert-OH is 2. The number of fused-ring (bicyclic) bond motifs is 1. The molecule has 2 aromatic carbocycles. The summed E-state index contributed by atoms with van der Waals surface area (Å²) in [5.74, 6) is 0.433. The minimum atomic E-state index is -1.05. The summed E-state index contributed by atoms with van der Waals surface area (Å²) in [6.45, 7) is 1.69. The molecule has 0 bridgehead atoms. The van der Waals surface area contributed by atoms with E-state index >= 15 is 0 Å². The monoisotopic (exact) mass is 576 g/mol. The number of nitrogens with zero attached hydrogens (tertiary/aromatic N) is 6. The molecule has 1 aliphatic rings. The van der Waals surface area contributed by atoms with Crippen molar-refractivity contribution in [3.05, 3.63) is 87.8 Å². The summed E-state index contributed by atoms with van der Waals surface area (Å²) in [5.41, 5.74) is 10.9. The highest BCUT2D eigenvalue weighted by molar-refractivity contribution is 5.53. The van der Waals surface area contributed by atoms with Gasteiger partial charge >= 0.3 is 0 Å². The molecular weight excluding hydrogens is 536 g/mol. The van der Waals surface area contributed by atoms with Gasteiger partial charge in [0.05, 0.1) is 32.5 Å². The van der Waals surface area contributed by atoms with Gasteiger partial charge in [0.15, 0.2) is 0 Å². The highest BCUT2D eigenvalue weighted by atomic mass is 16.5. The topological polar surface area (TPSA) is 136 Å². The van der Waals surface area contributed by atoms with Crippen LogP contribution in [-0.4, -0.2) is 92.7 Å². The second-order valence-electron chi connectivity index (χ2n) is 10.9. The van der Waals surface area contributed by atoms with Crippen LogP contribution < -0.4 is 14.2 Å². The lowest BCUT2D eigenvalue weighted by Crippen LogP contribution is -2.49. The minimum Gasteiger partial charge on any atom is -0.481 e. The SMILES string of the molecule is COc1cc2c(c(OC)n1)C[C@](c1ccc(N=[N+]=[N-])cc1)([C@H](c1ccccc1)[C@@H](CN(C)CCN(C)C)[C@@H](O)CO)O2. The average Bonchev–Trinajstić information content (AvgIpc) is 3.40. The van der Waals surface area contributed by atoms with E-state index in [2.05, 4.69) is 24.8 Å². The highest BCUT2D eigenvalue weighted by Crippen LogP contribution is 2.55. The van der Waals surface area contributed by atoms with E-state index in [9.17, 15) is 10.2 Å². The van der Waals surface area contributed by atoms with Gasteiger partial charge in [0, 0.05) is 54.6 Å². The minimum absolute atomic E-state index is 0.353. The Morgan fingerprint density at radius 2 is 1.79 bits per heavy atom. The van der Waals surface area contributed by atoms with Gasteiger partial charge in [0.1, 0.15) is 11.4 Å². The van der Waals surface area contributed by atoms with Crippen molar-refractivity contribution in [1.82, 2.24) is 14.8 Å². The molecule has 11 heteroatoms. The van der Waals surface area contributed by atoms with E-state index in [4.69, 9.17) is 19.7 Å². The predicted molar refractivity (Wildman–Crippen MR) is 160 cm³/mol. The second kappa shape index (κ2) is 13.9. The summed E-state index contributed by atoms with van der Waals surface area (Å²) in [4.78, 5) is 11.7. The first kappa shape index (κ1) is 31.1. The van der Waals surface area contributed by atoms with Gasteiger partial charge in [-0.1, -0.05) is 59.7 Å². The first-order valence-corrected chi connectivity index (χ1v) is 13.9. The van der Waals surface area contributed by atoms with Crippen LogP contribution in [0, 0.1) is 5.92 Å². The Balaban J connectivity index is 1.94. The lowest BCUT2D eigenvalue weighted by atomic mass is 9.67. The fraction of sp³-hybridized carbons (Fsp3) is 0.452. The van der Waals surface area contributed by atoms with Gasteiger partial charge in [0.25, 0.3) is 0 Å². The zero-order chi connectivity index (χ0) is 30.3. The molecule has 0 fully saturated rings. The number of methoxy groups -OCH3 is 2. The molecule has 2 heterocycles. The summed E-state index contributed by atoms with van der Waals surface area (Å²) < 4.78 is 18.1. The number of aromatic nitrogens is 1. The third kappa shape index (κ3) is 6.61. The van der Waals surface area contributed by atoms with Gasteiger partial charge < -0.3 is 34.2 Å². The van der Waals surface area contributed by atoms with Crippen molar-refractivity contribution in [3.8, 4) is 17.5 Å². The van der Waals surface area contributed by atoms with Crippen LogP contribution in [0.4, 0.5) is 5.69 Å². The number of aliphatic hydroxyl groups is 2. The van der Waals surface area contributed by atoms with Crippen LogP contribution in [0.5, 0.6) is 17.5 Å². The van der Waals surface area contributed by atoms with E-state index in [0.29, 0.717) is 36.2 Å². The molecule has 0 saturated carbocycles. The van der Waals surface area contributed by atoms with Crippen molar-refractivity contribution in [2.75, 3.05) is 61.6 Å². The number of ether oxygens (including phenoxy) is 3. The Hall–Kier alpha value is -3.86. The van der Waals surface area contributed by atoms with E-state index < -0.39 is 30.1 Å². The van der Waals surface area contributed by atoms with Gasteiger partial charge in [0.2, 0.25) is 11.8 Å². The standard InChI is InChI=1S/C31H40N6O5/c1-36(2)15-16-37(3)19-25(26(39)20-38)29(21-9-7-6-8-10-21)31(22-11-13-23(14-12-22)34-35-32)18-24-27(42-31)17-28(40-4)33-30(24)41-5/h6-14,17,25-26,29,38-39H,15-16,18-20H2,1-5H3/t25-,26-,29+,31-/m0/s1. The first-order chi connectivity index (χ1) is 20.3. The molecular formula is C31H40N6O5. The lowest BCUT2D eigenvalue weighted by Gasteiger charge is -2.44. The number of likely N-dealkylation sites (N-methyl/N-ethyl adjacent to an activating group) is 2. The molecule has 0 spiro atoms. The van der Waals surface area contributed by atoms with Gasteiger partial charge in [-0.15, -0.1) is 0 Å². The van der Waals surface area contributed by atoms with Crippen molar-refractivity contribution in [2.45, 2.75) is 24.0 Å². The second-order valence-corrected chi connectivity index (χ2v) is 10.9. The highest BCUT2D eigenvalue weighted by Gasteiger charge is 2.53. The summed E-state index contributed by atoms with van der Waals surface area (Å²) >= 11 is 0. The normalized spacial score (nSPS) is 18.1. The van der Waals surface area contributed by atoms with Crippen molar-refractivity contribution in [3.63, 3.8) is 0 Å². The van der Waals surface area contributed by atoms with E-state index in [1.807, 2.05) is 63.6 Å². The molecule has 1 aromatic heterocycles. The lowest BCUT2D eigenvalue weighted by molar-refractivity contribution is -0.0345. The molecule has 0 amide bonds. The maximum absolute atomic E-state index is 11.5. The van der Waals surface area contributed by atoms with Crippen molar-refractivity contribution >= 4 is 5.69 Å². The van der Waals surface area contributed by atoms with Crippen molar-refractivity contribution in [1.29, 1.82) is 0 Å².